The molecule has 7 nitrogen and oxygen atoms in total. The smallest absolute Gasteiger partial charge is 0.319 e. The molecule has 0 aliphatic rings. The number of urea groups is 1. The Morgan fingerprint density at radius 2 is 1.95 bits per heavy atom. The molecule has 0 fully saturated rings. The third kappa shape index (κ3) is 5.71. The topological polar surface area (TPSA) is 113 Å². The van der Waals surface area contributed by atoms with Gasteiger partial charge >= 0.3 is 11.9 Å². The Hall–Kier alpha value is -2.12. The Bertz CT molecular complexity index is 551. The van der Waals surface area contributed by atoms with Gasteiger partial charge in [0, 0.05) is 23.7 Å². The molecule has 0 radical (unpaired) electrons. The number of benzene rings is 1. The van der Waals surface area contributed by atoms with E-state index < -0.39 is 17.7 Å². The van der Waals surface area contributed by atoms with Crippen LogP contribution in [-0.2, 0) is 9.59 Å². The summed E-state index contributed by atoms with van der Waals surface area (Å²) in [6.45, 7) is 0.385. The number of carbonyl (C=O) groups is 3. The average molecular weight is 328 g/mol. The summed E-state index contributed by atoms with van der Waals surface area (Å²) in [5.41, 5.74) is 7.25. The van der Waals surface area contributed by atoms with Crippen molar-refractivity contribution in [2.24, 2.45) is 5.73 Å². The normalized spacial score (nSPS) is 10.1. The van der Waals surface area contributed by atoms with Crippen LogP contribution in [0, 0.1) is 0 Å². The van der Waals surface area contributed by atoms with E-state index in [-0.39, 0.29) is 6.42 Å². The van der Waals surface area contributed by atoms with Crippen molar-refractivity contribution in [3.8, 4) is 0 Å². The van der Waals surface area contributed by atoms with E-state index in [4.69, 9.17) is 22.5 Å². The SMILES string of the molecule is NC(=O)N(CCCCCC(=O)C(=O)NO)c1cccc(Cl)c1. The van der Waals surface area contributed by atoms with Crippen molar-refractivity contribution in [1.29, 1.82) is 0 Å². The highest BCUT2D eigenvalue weighted by Gasteiger charge is 2.14. The van der Waals surface area contributed by atoms with Gasteiger partial charge in [0.2, 0.25) is 5.78 Å². The number of nitrogens with two attached hydrogens (primary N) is 1. The molecule has 22 heavy (non-hydrogen) atoms. The van der Waals surface area contributed by atoms with Crippen molar-refractivity contribution < 1.29 is 19.6 Å². The first-order chi connectivity index (χ1) is 10.5. The second-order valence-electron chi connectivity index (χ2n) is 4.64. The Labute approximate surface area is 133 Å². The molecular weight excluding hydrogens is 310 g/mol. The van der Waals surface area contributed by atoms with E-state index >= 15 is 0 Å². The van der Waals surface area contributed by atoms with Crippen LogP contribution in [0.5, 0.6) is 0 Å². The van der Waals surface area contributed by atoms with Crippen molar-refractivity contribution in [3.05, 3.63) is 29.3 Å². The summed E-state index contributed by atoms with van der Waals surface area (Å²) < 4.78 is 0. The first-order valence-electron chi connectivity index (χ1n) is 6.75. The molecule has 8 heteroatoms. The number of hydrogen-bond donors (Lipinski definition) is 3. The molecule has 3 amide bonds. The maximum absolute atomic E-state index is 11.5. The van der Waals surface area contributed by atoms with Crippen molar-refractivity contribution in [2.75, 3.05) is 11.4 Å². The second-order valence-corrected chi connectivity index (χ2v) is 5.08. The molecule has 0 bridgehead atoms. The van der Waals surface area contributed by atoms with E-state index in [0.29, 0.717) is 36.5 Å². The van der Waals surface area contributed by atoms with Crippen molar-refractivity contribution in [3.63, 3.8) is 0 Å². The van der Waals surface area contributed by atoms with Gasteiger partial charge in [-0.1, -0.05) is 24.1 Å². The Balaban J connectivity index is 2.42. The van der Waals surface area contributed by atoms with Crippen molar-refractivity contribution in [1.82, 2.24) is 5.48 Å². The van der Waals surface area contributed by atoms with Gasteiger partial charge < -0.3 is 5.73 Å². The number of hydrogen-bond acceptors (Lipinski definition) is 4. The number of nitrogens with zero attached hydrogens (tertiary/aromatic N) is 1. The zero-order valence-corrected chi connectivity index (χ0v) is 12.7. The van der Waals surface area contributed by atoms with Crippen LogP contribution in [0.1, 0.15) is 25.7 Å². The summed E-state index contributed by atoms with van der Waals surface area (Å²) in [6.07, 6.45) is 1.77. The van der Waals surface area contributed by atoms with Gasteiger partial charge in [0.05, 0.1) is 0 Å². The number of primary amides is 1. The van der Waals surface area contributed by atoms with Crippen LogP contribution in [0.25, 0.3) is 0 Å². The summed E-state index contributed by atoms with van der Waals surface area (Å²) in [5, 5.41) is 8.81. The molecule has 1 rings (SSSR count). The van der Waals surface area contributed by atoms with E-state index in [0.717, 1.165) is 0 Å². The number of amides is 3. The lowest BCUT2D eigenvalue weighted by atomic mass is 10.1. The lowest BCUT2D eigenvalue weighted by Crippen LogP contribution is -2.36. The van der Waals surface area contributed by atoms with Gasteiger partial charge in [0.25, 0.3) is 0 Å². The van der Waals surface area contributed by atoms with Gasteiger partial charge in [-0.25, -0.2) is 10.3 Å². The predicted molar refractivity (Wildman–Crippen MR) is 81.8 cm³/mol. The minimum atomic E-state index is -1.02. The molecule has 0 heterocycles. The molecule has 1 aromatic carbocycles. The largest absolute Gasteiger partial charge is 0.351 e. The summed E-state index contributed by atoms with van der Waals surface area (Å²) in [5.74, 6) is -1.69. The maximum atomic E-state index is 11.5. The lowest BCUT2D eigenvalue weighted by Gasteiger charge is -2.20. The molecule has 0 aromatic heterocycles. The number of nitrogens with one attached hydrogen (secondary N) is 1. The van der Waals surface area contributed by atoms with Gasteiger partial charge in [0.1, 0.15) is 0 Å². The van der Waals surface area contributed by atoms with E-state index in [1.54, 1.807) is 24.3 Å². The molecule has 0 saturated heterocycles. The minimum Gasteiger partial charge on any atom is -0.351 e. The third-order valence-electron chi connectivity index (χ3n) is 3.03. The Morgan fingerprint density at radius 3 is 2.55 bits per heavy atom. The van der Waals surface area contributed by atoms with Crippen molar-refractivity contribution in [2.45, 2.75) is 25.7 Å². The monoisotopic (exact) mass is 327 g/mol. The first-order valence-corrected chi connectivity index (χ1v) is 7.13. The van der Waals surface area contributed by atoms with Gasteiger partial charge in [-0.05, 0) is 31.0 Å². The zero-order valence-electron chi connectivity index (χ0n) is 11.9. The highest BCUT2D eigenvalue weighted by atomic mass is 35.5. The standard InChI is InChI=1S/C14H18ClN3O4/c15-10-5-4-6-11(9-10)18(14(16)21)8-3-1-2-7-12(19)13(20)17-22/h4-6,9,22H,1-3,7-8H2,(H2,16,21)(H,17,20). The molecule has 1 aromatic rings. The van der Waals surface area contributed by atoms with Crippen LogP contribution in [-0.4, -0.2) is 29.5 Å². The predicted octanol–water partition coefficient (Wildman–Crippen LogP) is 1.86. The average Bonchev–Trinajstić information content (AvgIpc) is 2.49. The van der Waals surface area contributed by atoms with Crippen LogP contribution in [0.2, 0.25) is 5.02 Å². The van der Waals surface area contributed by atoms with Gasteiger partial charge in [0.15, 0.2) is 0 Å². The molecular formula is C14H18ClN3O4. The minimum absolute atomic E-state index is 0.0418. The van der Waals surface area contributed by atoms with Crippen LogP contribution in [0.15, 0.2) is 24.3 Å². The number of rotatable bonds is 8. The first kappa shape index (κ1) is 17.9. The van der Waals surface area contributed by atoms with Crippen LogP contribution in [0.3, 0.4) is 0 Å². The number of halogens is 1. The summed E-state index contributed by atoms with van der Waals surface area (Å²) in [4.78, 5) is 34.8. The number of unbranched alkanes of at least 4 members (excludes halogenated alkanes) is 2. The fourth-order valence-electron chi connectivity index (χ4n) is 1.92. The quantitative estimate of drug-likeness (QED) is 0.293. The van der Waals surface area contributed by atoms with E-state index in [1.807, 2.05) is 0 Å². The second kappa shape index (κ2) is 9.01. The van der Waals surface area contributed by atoms with Crippen LogP contribution >= 0.6 is 11.6 Å². The molecule has 0 atom stereocenters. The highest BCUT2D eigenvalue weighted by Crippen LogP contribution is 2.20. The fraction of sp³-hybridized carbons (Fsp3) is 0.357. The van der Waals surface area contributed by atoms with Gasteiger partial charge in [-0.15, -0.1) is 0 Å². The molecule has 0 saturated carbocycles. The number of ketones is 1. The number of anilines is 1. The summed E-state index contributed by atoms with van der Waals surface area (Å²) >= 11 is 5.88. The van der Waals surface area contributed by atoms with E-state index in [1.165, 1.54) is 10.4 Å². The molecule has 0 aliphatic carbocycles. The Kier molecular flexibility index (Phi) is 7.34. The van der Waals surface area contributed by atoms with E-state index in [9.17, 15) is 14.4 Å². The van der Waals surface area contributed by atoms with Gasteiger partial charge in [-0.2, -0.15) is 0 Å². The number of carbonyl (C=O) groups excluding carboxylic acids is 3. The number of Topliss-reactive ketones (excluding diaryl/α,β-unsaturated/α-hetero) is 1. The highest BCUT2D eigenvalue weighted by molar-refractivity contribution is 6.35. The third-order valence-corrected chi connectivity index (χ3v) is 3.26. The number of hydroxylamine groups is 1. The molecule has 120 valence electrons. The van der Waals surface area contributed by atoms with Gasteiger partial charge in [-0.3, -0.25) is 19.7 Å². The summed E-state index contributed by atoms with van der Waals surface area (Å²) in [7, 11) is 0. The van der Waals surface area contributed by atoms with Crippen LogP contribution in [0.4, 0.5) is 10.5 Å². The van der Waals surface area contributed by atoms with E-state index in [2.05, 4.69) is 0 Å². The van der Waals surface area contributed by atoms with Crippen molar-refractivity contribution >= 4 is 35.0 Å². The molecule has 0 aliphatic heterocycles. The zero-order chi connectivity index (χ0) is 16.5. The molecule has 4 N–H and O–H groups in total. The molecule has 0 unspecified atom stereocenters. The lowest BCUT2D eigenvalue weighted by molar-refractivity contribution is -0.143. The van der Waals surface area contributed by atoms with Crippen LogP contribution < -0.4 is 16.1 Å². The molecule has 0 spiro atoms. The fourth-order valence-corrected chi connectivity index (χ4v) is 2.10. The summed E-state index contributed by atoms with van der Waals surface area (Å²) in [6, 6.07) is 6.20. The Morgan fingerprint density at radius 1 is 1.23 bits per heavy atom. The maximum Gasteiger partial charge on any atom is 0.319 e.